The number of anilines is 3. The number of aliphatic imine (C=N–C) groups is 3. The Balaban J connectivity index is 1.60. The van der Waals surface area contributed by atoms with Gasteiger partial charge in [-0.25, -0.2) is 9.98 Å². The summed E-state index contributed by atoms with van der Waals surface area (Å²) in [5.74, 6) is 0.00246. The minimum Gasteiger partial charge on any atom is -0.398 e. The third-order valence-electron chi connectivity index (χ3n) is 5.92. The lowest BCUT2D eigenvalue weighted by Gasteiger charge is -2.29. The molecule has 2 aromatic carbocycles. The van der Waals surface area contributed by atoms with Crippen molar-refractivity contribution in [2.24, 2.45) is 20.7 Å². The monoisotopic (exact) mass is 540 g/mol. The Morgan fingerprint density at radius 2 is 1.92 bits per heavy atom. The number of hydrogen-bond acceptors (Lipinski definition) is 9. The molecular formula is C26H27F3N8O2. The van der Waals surface area contributed by atoms with E-state index in [1.165, 1.54) is 18.3 Å². The number of allylic oxidation sites excluding steroid dienone is 1. The van der Waals surface area contributed by atoms with Crippen LogP contribution < -0.4 is 22.1 Å². The second-order valence-electron chi connectivity index (χ2n) is 8.64. The van der Waals surface area contributed by atoms with Crippen LogP contribution >= 0.6 is 0 Å². The molecule has 204 valence electrons. The van der Waals surface area contributed by atoms with Crippen LogP contribution in [0.5, 0.6) is 0 Å². The van der Waals surface area contributed by atoms with Gasteiger partial charge in [0.1, 0.15) is 17.2 Å². The zero-order chi connectivity index (χ0) is 28.2. The maximum Gasteiger partial charge on any atom is 0.418 e. The number of guanidine groups is 1. The minimum absolute atomic E-state index is 0.0463. The van der Waals surface area contributed by atoms with Gasteiger partial charge >= 0.3 is 6.18 Å². The number of aryl methyl sites for hydroxylation is 1. The van der Waals surface area contributed by atoms with E-state index in [1.807, 2.05) is 4.90 Å². The van der Waals surface area contributed by atoms with Gasteiger partial charge in [-0.3, -0.25) is 9.79 Å². The number of rotatable bonds is 5. The van der Waals surface area contributed by atoms with Crippen LogP contribution in [0.3, 0.4) is 0 Å². The first-order valence-electron chi connectivity index (χ1n) is 11.9. The lowest BCUT2D eigenvalue weighted by molar-refractivity contribution is -0.136. The van der Waals surface area contributed by atoms with Crippen LogP contribution in [0.4, 0.5) is 30.2 Å². The molecule has 39 heavy (non-hydrogen) atoms. The lowest BCUT2D eigenvalue weighted by atomic mass is 10.1. The normalized spacial score (nSPS) is 18.0. The maximum absolute atomic E-state index is 13.2. The largest absolute Gasteiger partial charge is 0.418 e. The molecule has 0 bridgehead atoms. The summed E-state index contributed by atoms with van der Waals surface area (Å²) in [6.45, 7) is 7.78. The van der Waals surface area contributed by atoms with Gasteiger partial charge < -0.3 is 31.7 Å². The van der Waals surface area contributed by atoms with E-state index < -0.39 is 23.3 Å². The zero-order valence-corrected chi connectivity index (χ0v) is 21.0. The average Bonchev–Trinajstić information content (AvgIpc) is 2.91. The number of alkyl halides is 3. The summed E-state index contributed by atoms with van der Waals surface area (Å²) < 4.78 is 45.0. The molecule has 1 saturated heterocycles. The minimum atomic E-state index is -4.65. The van der Waals surface area contributed by atoms with Gasteiger partial charge in [0.15, 0.2) is 0 Å². The van der Waals surface area contributed by atoms with Crippen molar-refractivity contribution in [3.05, 3.63) is 77.4 Å². The van der Waals surface area contributed by atoms with Crippen molar-refractivity contribution in [2.75, 3.05) is 42.7 Å². The second kappa shape index (κ2) is 11.4. The van der Waals surface area contributed by atoms with Crippen LogP contribution in [0.25, 0.3) is 0 Å². The molecule has 6 N–H and O–H groups in total. The van der Waals surface area contributed by atoms with Crippen LogP contribution in [0.2, 0.25) is 0 Å². The first-order valence-corrected chi connectivity index (χ1v) is 11.9. The fourth-order valence-corrected chi connectivity index (χ4v) is 3.86. The summed E-state index contributed by atoms with van der Waals surface area (Å²) in [7, 11) is 0. The van der Waals surface area contributed by atoms with Gasteiger partial charge in [0, 0.05) is 41.9 Å². The van der Waals surface area contributed by atoms with Crippen molar-refractivity contribution in [2.45, 2.75) is 13.1 Å². The van der Waals surface area contributed by atoms with Gasteiger partial charge in [-0.15, -0.1) is 0 Å². The SMILES string of the molecule is C=C/N=C1/C=NC(N2CCOCC2)=N/C1=C(/N)Nc1cc(C(=O)Nc2ccc(N)c(C(F)(F)F)c2)ccc1C. The number of amides is 1. The Labute approximate surface area is 222 Å². The molecule has 0 spiro atoms. The van der Waals surface area contributed by atoms with Crippen LogP contribution in [0.15, 0.2) is 75.7 Å². The van der Waals surface area contributed by atoms with Gasteiger partial charge in [-0.1, -0.05) is 12.6 Å². The van der Waals surface area contributed by atoms with E-state index in [9.17, 15) is 18.0 Å². The first kappa shape index (κ1) is 27.4. The molecule has 2 aliphatic heterocycles. The third kappa shape index (κ3) is 6.44. The predicted molar refractivity (Wildman–Crippen MR) is 146 cm³/mol. The fourth-order valence-electron chi connectivity index (χ4n) is 3.86. The van der Waals surface area contributed by atoms with E-state index in [2.05, 4.69) is 32.2 Å². The number of benzene rings is 2. The number of hydrogen-bond donors (Lipinski definition) is 4. The van der Waals surface area contributed by atoms with Crippen LogP contribution in [0.1, 0.15) is 21.5 Å². The Bertz CT molecular complexity index is 1410. The Morgan fingerprint density at radius 3 is 2.62 bits per heavy atom. The van der Waals surface area contributed by atoms with E-state index in [4.69, 9.17) is 16.2 Å². The molecule has 1 amide bonds. The van der Waals surface area contributed by atoms with E-state index in [1.54, 1.807) is 25.3 Å². The molecule has 0 aliphatic carbocycles. The summed E-state index contributed by atoms with van der Waals surface area (Å²) in [4.78, 5) is 28.0. The summed E-state index contributed by atoms with van der Waals surface area (Å²) in [5, 5.41) is 5.55. The zero-order valence-electron chi connectivity index (χ0n) is 21.0. The van der Waals surface area contributed by atoms with Crippen LogP contribution in [-0.4, -0.2) is 55.0 Å². The van der Waals surface area contributed by atoms with Gasteiger partial charge in [-0.2, -0.15) is 13.2 Å². The molecule has 13 heteroatoms. The summed E-state index contributed by atoms with van der Waals surface area (Å²) >= 11 is 0. The smallest absolute Gasteiger partial charge is 0.398 e. The van der Waals surface area contributed by atoms with Crippen LogP contribution in [0, 0.1) is 6.92 Å². The molecule has 0 aromatic heterocycles. The molecule has 2 aliphatic rings. The second-order valence-corrected chi connectivity index (χ2v) is 8.64. The fraction of sp³-hybridized carbons (Fsp3) is 0.231. The number of nitrogens with two attached hydrogens (primary N) is 2. The molecule has 0 saturated carbocycles. The maximum atomic E-state index is 13.2. The summed E-state index contributed by atoms with van der Waals surface area (Å²) in [6.07, 6.45) is -1.76. The van der Waals surface area contributed by atoms with Crippen molar-refractivity contribution < 1.29 is 22.7 Å². The highest BCUT2D eigenvalue weighted by atomic mass is 19.4. The number of ether oxygens (including phenoxy) is 1. The standard InChI is InChI=1S/C26H27F3N8O2/c1-3-32-21-14-33-25(37-8-10-39-11-9-37)36-22(21)23(31)35-20-12-16(5-4-15(20)2)24(38)34-17-6-7-19(30)18(13-17)26(27,28)29/h3-7,12-14,35H,1,8-11,30-31H2,2H3,(H,34,38)/b23-22-,32-21-. The van der Waals surface area contributed by atoms with Crippen molar-refractivity contribution in [1.82, 2.24) is 4.90 Å². The summed E-state index contributed by atoms with van der Waals surface area (Å²) in [6, 6.07) is 7.95. The van der Waals surface area contributed by atoms with E-state index in [0.29, 0.717) is 49.4 Å². The number of carbonyl (C=O) groups is 1. The number of nitrogens with zero attached hydrogens (tertiary/aromatic N) is 4. The molecule has 1 fully saturated rings. The molecule has 0 radical (unpaired) electrons. The lowest BCUT2D eigenvalue weighted by Crippen LogP contribution is -2.41. The molecule has 2 heterocycles. The van der Waals surface area contributed by atoms with Gasteiger partial charge in [0.25, 0.3) is 5.91 Å². The Morgan fingerprint density at radius 1 is 1.18 bits per heavy atom. The molecule has 2 aromatic rings. The van der Waals surface area contributed by atoms with E-state index in [-0.39, 0.29) is 17.1 Å². The number of carbonyl (C=O) groups excluding carboxylic acids is 1. The number of morpholine rings is 1. The molecule has 0 atom stereocenters. The first-order chi connectivity index (χ1) is 18.6. The van der Waals surface area contributed by atoms with Crippen molar-refractivity contribution in [3.63, 3.8) is 0 Å². The van der Waals surface area contributed by atoms with Crippen molar-refractivity contribution >= 4 is 40.9 Å². The number of halogens is 3. The molecule has 0 unspecified atom stereocenters. The molecule has 4 rings (SSSR count). The average molecular weight is 541 g/mol. The topological polar surface area (TPSA) is 143 Å². The molecular weight excluding hydrogens is 513 g/mol. The molecule has 10 nitrogen and oxygen atoms in total. The summed E-state index contributed by atoms with van der Waals surface area (Å²) in [5.41, 5.74) is 12.5. The van der Waals surface area contributed by atoms with Crippen molar-refractivity contribution in [1.29, 1.82) is 0 Å². The van der Waals surface area contributed by atoms with Gasteiger partial charge in [-0.05, 0) is 42.8 Å². The van der Waals surface area contributed by atoms with Gasteiger partial charge in [0.2, 0.25) is 5.96 Å². The number of nitrogen functional groups attached to an aromatic ring is 1. The highest BCUT2D eigenvalue weighted by molar-refractivity contribution is 6.41. The Kier molecular flexibility index (Phi) is 8.00. The van der Waals surface area contributed by atoms with Crippen molar-refractivity contribution in [3.8, 4) is 0 Å². The third-order valence-corrected chi connectivity index (χ3v) is 5.92. The predicted octanol–water partition coefficient (Wildman–Crippen LogP) is 3.75. The Hall–Kier alpha value is -4.65. The van der Waals surface area contributed by atoms with Crippen LogP contribution in [-0.2, 0) is 10.9 Å². The highest BCUT2D eigenvalue weighted by Gasteiger charge is 2.33. The van der Waals surface area contributed by atoms with E-state index in [0.717, 1.165) is 17.7 Å². The highest BCUT2D eigenvalue weighted by Crippen LogP contribution is 2.35. The quantitative estimate of drug-likeness (QED) is 0.426. The number of nitrogens with one attached hydrogen (secondary N) is 2. The van der Waals surface area contributed by atoms with E-state index >= 15 is 0 Å². The van der Waals surface area contributed by atoms with Gasteiger partial charge in [0.05, 0.1) is 25.0 Å².